The van der Waals surface area contributed by atoms with Gasteiger partial charge < -0.3 is 14.9 Å². The second-order valence-electron chi connectivity index (χ2n) is 2.81. The monoisotopic (exact) mass is 197 g/mol. The first-order valence-corrected chi connectivity index (χ1v) is 3.67. The molecule has 0 bridgehead atoms. The molecule has 1 saturated carbocycles. The molecule has 65 valence electrons. The molecule has 1 fully saturated rings. The van der Waals surface area contributed by atoms with E-state index >= 15 is 0 Å². The van der Waals surface area contributed by atoms with Gasteiger partial charge in [0.25, 0.3) is 0 Å². The van der Waals surface area contributed by atoms with Crippen LogP contribution in [-0.4, -0.2) is 0 Å². The van der Waals surface area contributed by atoms with Gasteiger partial charge in [-0.15, -0.1) is 18.6 Å². The van der Waals surface area contributed by atoms with Gasteiger partial charge in [-0.3, -0.25) is 0 Å². The van der Waals surface area contributed by atoms with E-state index in [4.69, 9.17) is 0 Å². The van der Waals surface area contributed by atoms with E-state index in [0.29, 0.717) is 0 Å². The molecule has 0 nitrogen and oxygen atoms in total. The zero-order chi connectivity index (χ0) is 6.10. The molecule has 0 aromatic rings. The fourth-order valence-electron chi connectivity index (χ4n) is 1.66. The zero-order valence-electron chi connectivity index (χ0n) is 8.01. The van der Waals surface area contributed by atoms with Gasteiger partial charge in [-0.25, -0.2) is 18.1 Å². The van der Waals surface area contributed by atoms with Crippen molar-refractivity contribution in [1.82, 2.24) is 0 Å². The van der Waals surface area contributed by atoms with Crippen LogP contribution >= 0.6 is 0 Å². The zero-order valence-corrected chi connectivity index (χ0v) is 9.57. The van der Waals surface area contributed by atoms with Gasteiger partial charge in [-0.1, -0.05) is 6.42 Å². The van der Waals surface area contributed by atoms with Crippen LogP contribution in [-0.2, 0) is 21.7 Å². The van der Waals surface area contributed by atoms with E-state index < -0.39 is 0 Å². The van der Waals surface area contributed by atoms with Gasteiger partial charge in [0.1, 0.15) is 0 Å². The van der Waals surface area contributed by atoms with Crippen LogP contribution in [0.2, 0.25) is 0 Å². The third-order valence-corrected chi connectivity index (χ3v) is 2.21. The van der Waals surface area contributed by atoms with Crippen LogP contribution in [0.3, 0.4) is 0 Å². The summed E-state index contributed by atoms with van der Waals surface area (Å²) < 4.78 is 0. The van der Waals surface area contributed by atoms with E-state index in [9.17, 15) is 0 Å². The van der Waals surface area contributed by atoms with Crippen LogP contribution in [0.25, 0.3) is 0 Å². The second-order valence-corrected chi connectivity index (χ2v) is 2.81. The number of fused-ring (bicyclic) bond motifs is 1. The summed E-state index contributed by atoms with van der Waals surface area (Å²) in [6.45, 7) is 0. The number of rotatable bonds is 0. The van der Waals surface area contributed by atoms with Crippen LogP contribution in [0.5, 0.6) is 0 Å². The normalized spacial score (nSPS) is 23.3. The molecule has 1 heteroatoms. The predicted octanol–water partition coefficient (Wildman–Crippen LogP) is 3.39. The van der Waals surface area contributed by atoms with Crippen molar-refractivity contribution >= 4 is 0 Å². The summed E-state index contributed by atoms with van der Waals surface area (Å²) in [4.78, 5) is 0. The van der Waals surface area contributed by atoms with Crippen molar-refractivity contribution < 1.29 is 21.7 Å². The molecule has 0 amide bonds. The van der Waals surface area contributed by atoms with E-state index in [1.165, 1.54) is 19.3 Å². The first-order chi connectivity index (χ1) is 4.47. The van der Waals surface area contributed by atoms with Gasteiger partial charge in [0.05, 0.1) is 0 Å². The molecule has 12 heavy (non-hydrogen) atoms. The Hall–Kier alpha value is 0.0643. The predicted molar refractivity (Wildman–Crippen MR) is 51.7 cm³/mol. The minimum Gasteiger partial charge on any atom is -0.358 e. The molecule has 0 heterocycles. The molecule has 1 radical (unpaired) electrons. The average Bonchev–Trinajstić information content (AvgIpc) is 2.33. The minimum absolute atomic E-state index is 0. The first-order valence-electron chi connectivity index (χ1n) is 3.67. The summed E-state index contributed by atoms with van der Waals surface area (Å²) in [5.74, 6) is 0.884. The fraction of sp³-hybridized carbons (Fsp3) is 0.364. The molecular formula is C11H17Ti. The van der Waals surface area contributed by atoms with Crippen LogP contribution in [0, 0.1) is 27.2 Å². The third kappa shape index (κ3) is 2.84. The number of hydrogen-bond acceptors (Lipinski definition) is 0. The molecule has 2 rings (SSSR count). The summed E-state index contributed by atoms with van der Waals surface area (Å²) in [6, 6.07) is 0. The van der Waals surface area contributed by atoms with Crippen molar-refractivity contribution in [3.05, 3.63) is 45.1 Å². The Morgan fingerprint density at radius 3 is 2.75 bits per heavy atom. The smallest absolute Gasteiger partial charge is 0.358 e. The van der Waals surface area contributed by atoms with Gasteiger partial charge in [-0.05, 0) is 12.3 Å². The first kappa shape index (κ1) is 14.6. The molecule has 1 unspecified atom stereocenters. The molecule has 2 aliphatic rings. The Morgan fingerprint density at radius 2 is 2.08 bits per heavy atom. The van der Waals surface area contributed by atoms with Crippen molar-refractivity contribution in [2.24, 2.45) is 5.92 Å². The molecule has 0 aromatic carbocycles. The molecule has 2 aliphatic carbocycles. The molecule has 0 N–H and O–H groups in total. The maximum absolute atomic E-state index is 2.37. The quantitative estimate of drug-likeness (QED) is 0.412. The molecule has 0 aliphatic heterocycles. The van der Waals surface area contributed by atoms with Gasteiger partial charge in [0, 0.05) is 0 Å². The SMILES string of the molecule is C1=CCC2CC[CH-]C2=C1.[CH3-].[CH3-].[Ti+3]. The molecule has 1 atom stereocenters. The number of allylic oxidation sites excluding steroid dienone is 4. The molecule has 0 spiro atoms. The van der Waals surface area contributed by atoms with E-state index in [1.807, 2.05) is 0 Å². The van der Waals surface area contributed by atoms with Gasteiger partial charge >= 0.3 is 21.7 Å². The van der Waals surface area contributed by atoms with E-state index in [-0.39, 0.29) is 36.6 Å². The Kier molecular flexibility index (Phi) is 7.98. The summed E-state index contributed by atoms with van der Waals surface area (Å²) in [6.07, 6.45) is 13.0. The van der Waals surface area contributed by atoms with E-state index in [2.05, 4.69) is 24.6 Å². The number of hydrogen-bond donors (Lipinski definition) is 0. The maximum Gasteiger partial charge on any atom is 3.00 e. The van der Waals surface area contributed by atoms with Crippen LogP contribution in [0.15, 0.2) is 23.8 Å². The van der Waals surface area contributed by atoms with Gasteiger partial charge in [0.2, 0.25) is 0 Å². The Labute approximate surface area is 92.0 Å². The van der Waals surface area contributed by atoms with Crippen molar-refractivity contribution in [2.75, 3.05) is 0 Å². The summed E-state index contributed by atoms with van der Waals surface area (Å²) >= 11 is 0. The Balaban J connectivity index is 0. The fourth-order valence-corrected chi connectivity index (χ4v) is 1.66. The van der Waals surface area contributed by atoms with Crippen LogP contribution < -0.4 is 0 Å². The largest absolute Gasteiger partial charge is 3.00 e. The van der Waals surface area contributed by atoms with E-state index in [1.54, 1.807) is 5.57 Å². The Morgan fingerprint density at radius 1 is 1.33 bits per heavy atom. The molecular weight excluding hydrogens is 180 g/mol. The van der Waals surface area contributed by atoms with Gasteiger partial charge in [-0.2, -0.15) is 0 Å². The van der Waals surface area contributed by atoms with E-state index in [0.717, 1.165) is 5.92 Å². The molecule has 0 saturated heterocycles. The maximum atomic E-state index is 2.37. The van der Waals surface area contributed by atoms with Crippen LogP contribution in [0.4, 0.5) is 0 Å². The van der Waals surface area contributed by atoms with Gasteiger partial charge in [0.15, 0.2) is 0 Å². The summed E-state index contributed by atoms with van der Waals surface area (Å²) in [5, 5.41) is 0. The van der Waals surface area contributed by atoms with Crippen LogP contribution in [0.1, 0.15) is 19.3 Å². The Bertz CT molecular complexity index is 168. The topological polar surface area (TPSA) is 0 Å². The minimum atomic E-state index is 0. The second kappa shape index (κ2) is 6.57. The van der Waals surface area contributed by atoms with Crippen molar-refractivity contribution in [3.63, 3.8) is 0 Å². The average molecular weight is 197 g/mol. The molecule has 0 aromatic heterocycles. The summed E-state index contributed by atoms with van der Waals surface area (Å²) in [7, 11) is 0. The van der Waals surface area contributed by atoms with Crippen molar-refractivity contribution in [3.8, 4) is 0 Å². The summed E-state index contributed by atoms with van der Waals surface area (Å²) in [5.41, 5.74) is 1.58. The van der Waals surface area contributed by atoms with Crippen molar-refractivity contribution in [1.29, 1.82) is 0 Å². The standard InChI is InChI=1S/C9H11.2CH3.Ti/c1-2-5-9-7-3-6-8(9)4-1;;;/h1-2,4,6,9H,3,5,7H2;2*1H3;/q3*-1;+3. The third-order valence-electron chi connectivity index (χ3n) is 2.21. The van der Waals surface area contributed by atoms with Crippen molar-refractivity contribution in [2.45, 2.75) is 19.3 Å².